The maximum Gasteiger partial charge on any atom is 0.342 e. The summed E-state index contributed by atoms with van der Waals surface area (Å²) >= 11 is 0. The van der Waals surface area contributed by atoms with E-state index in [2.05, 4.69) is 0 Å². The average molecular weight is 308 g/mol. The highest BCUT2D eigenvalue weighted by Gasteiger charge is 2.41. The maximum atomic E-state index is 12.3. The van der Waals surface area contributed by atoms with Crippen LogP contribution in [0.2, 0.25) is 0 Å². The van der Waals surface area contributed by atoms with E-state index in [4.69, 9.17) is 9.47 Å². The lowest BCUT2D eigenvalue weighted by atomic mass is 9.75. The molecule has 0 bridgehead atoms. The maximum absolute atomic E-state index is 12.3. The SMILES string of the molecule is CC1CCC(C(=O)OC(C)(C)C)C/C1=C1/C(=O)OC(=O)C1C. The number of carbonyl (C=O) groups excluding carboxylic acids is 3. The quantitative estimate of drug-likeness (QED) is 0.423. The third-order valence-electron chi connectivity index (χ3n) is 4.30. The van der Waals surface area contributed by atoms with Crippen LogP contribution in [0.3, 0.4) is 0 Å². The number of cyclic esters (lactones) is 2. The molecule has 0 radical (unpaired) electrons. The van der Waals surface area contributed by atoms with E-state index in [9.17, 15) is 14.4 Å². The minimum atomic E-state index is -0.552. The van der Waals surface area contributed by atoms with Gasteiger partial charge < -0.3 is 9.47 Å². The van der Waals surface area contributed by atoms with Crippen LogP contribution in [0.1, 0.15) is 53.9 Å². The average Bonchev–Trinajstić information content (AvgIpc) is 2.62. The topological polar surface area (TPSA) is 69.7 Å². The molecule has 1 saturated carbocycles. The highest BCUT2D eigenvalue weighted by Crippen LogP contribution is 2.40. The Balaban J connectivity index is 2.24. The van der Waals surface area contributed by atoms with E-state index < -0.39 is 23.5 Å². The second-order valence-electron chi connectivity index (χ2n) is 7.28. The number of hydrogen-bond acceptors (Lipinski definition) is 5. The van der Waals surface area contributed by atoms with Crippen molar-refractivity contribution < 1.29 is 23.9 Å². The van der Waals surface area contributed by atoms with Crippen LogP contribution in [0, 0.1) is 17.8 Å². The minimum Gasteiger partial charge on any atom is -0.460 e. The molecule has 0 spiro atoms. The van der Waals surface area contributed by atoms with E-state index in [1.807, 2.05) is 27.7 Å². The zero-order valence-electron chi connectivity index (χ0n) is 13.9. The van der Waals surface area contributed by atoms with Gasteiger partial charge in [-0.15, -0.1) is 0 Å². The van der Waals surface area contributed by atoms with E-state index in [1.54, 1.807) is 6.92 Å². The van der Waals surface area contributed by atoms with Gasteiger partial charge in [0, 0.05) is 0 Å². The number of allylic oxidation sites excluding steroid dienone is 1. The summed E-state index contributed by atoms with van der Waals surface area (Å²) in [6, 6.07) is 0. The third-order valence-corrected chi connectivity index (χ3v) is 4.30. The van der Waals surface area contributed by atoms with Crippen molar-refractivity contribution in [2.75, 3.05) is 0 Å². The van der Waals surface area contributed by atoms with Crippen molar-refractivity contribution in [3.05, 3.63) is 11.1 Å². The molecule has 3 unspecified atom stereocenters. The van der Waals surface area contributed by atoms with Gasteiger partial charge in [-0.2, -0.15) is 0 Å². The summed E-state index contributed by atoms with van der Waals surface area (Å²) in [5, 5.41) is 0. The number of ether oxygens (including phenoxy) is 2. The Kier molecular flexibility index (Phi) is 4.45. The van der Waals surface area contributed by atoms with Gasteiger partial charge in [-0.1, -0.05) is 12.5 Å². The smallest absolute Gasteiger partial charge is 0.342 e. The van der Waals surface area contributed by atoms with Gasteiger partial charge in [-0.25, -0.2) is 4.79 Å². The van der Waals surface area contributed by atoms with Crippen LogP contribution in [0.4, 0.5) is 0 Å². The fourth-order valence-electron chi connectivity index (χ4n) is 3.09. The molecule has 2 aliphatic rings. The van der Waals surface area contributed by atoms with Gasteiger partial charge in [0.2, 0.25) is 0 Å². The molecule has 5 nitrogen and oxygen atoms in total. The first-order chi connectivity index (χ1) is 10.1. The van der Waals surface area contributed by atoms with Gasteiger partial charge in [0.05, 0.1) is 17.4 Å². The van der Waals surface area contributed by atoms with Crippen LogP contribution in [0.15, 0.2) is 11.1 Å². The molecule has 0 amide bonds. The first-order valence-corrected chi connectivity index (χ1v) is 7.82. The standard InChI is InChI=1S/C17H24O5/c1-9-6-7-11(15(19)22-17(3,4)5)8-12(9)13-10(2)14(18)21-16(13)20/h9-11H,6-8H2,1-5H3/b13-12-. The lowest BCUT2D eigenvalue weighted by Crippen LogP contribution is -2.32. The summed E-state index contributed by atoms with van der Waals surface area (Å²) in [7, 11) is 0. The van der Waals surface area contributed by atoms with Crippen molar-refractivity contribution in [2.45, 2.75) is 59.5 Å². The normalized spacial score (nSPS) is 32.9. The molecular weight excluding hydrogens is 284 g/mol. The number of carbonyl (C=O) groups is 3. The highest BCUT2D eigenvalue weighted by molar-refractivity contribution is 6.07. The summed E-state index contributed by atoms with van der Waals surface area (Å²) in [4.78, 5) is 35.8. The van der Waals surface area contributed by atoms with Crippen molar-refractivity contribution in [3.8, 4) is 0 Å². The Morgan fingerprint density at radius 1 is 1.18 bits per heavy atom. The molecule has 2 rings (SSSR count). The Bertz CT molecular complexity index is 538. The van der Waals surface area contributed by atoms with Gasteiger partial charge in [-0.05, 0) is 52.9 Å². The molecule has 1 heterocycles. The predicted molar refractivity (Wildman–Crippen MR) is 79.6 cm³/mol. The molecule has 3 atom stereocenters. The fraction of sp³-hybridized carbons (Fsp3) is 0.706. The molecule has 1 aliphatic heterocycles. The fourth-order valence-corrected chi connectivity index (χ4v) is 3.09. The second-order valence-corrected chi connectivity index (χ2v) is 7.28. The number of rotatable bonds is 1. The Hall–Kier alpha value is -1.65. The molecule has 0 aromatic carbocycles. The molecule has 1 saturated heterocycles. The van der Waals surface area contributed by atoms with Crippen LogP contribution in [0.25, 0.3) is 0 Å². The Morgan fingerprint density at radius 3 is 2.32 bits per heavy atom. The molecular formula is C17H24O5. The number of esters is 3. The molecule has 0 aromatic heterocycles. The lowest BCUT2D eigenvalue weighted by molar-refractivity contribution is -0.161. The lowest BCUT2D eigenvalue weighted by Gasteiger charge is -2.31. The molecule has 5 heteroatoms. The van der Waals surface area contributed by atoms with Gasteiger partial charge in [0.15, 0.2) is 0 Å². The third kappa shape index (κ3) is 3.39. The van der Waals surface area contributed by atoms with Crippen molar-refractivity contribution in [1.29, 1.82) is 0 Å². The summed E-state index contributed by atoms with van der Waals surface area (Å²) in [5.41, 5.74) is 0.805. The Labute approximate surface area is 131 Å². The summed E-state index contributed by atoms with van der Waals surface area (Å²) in [6.45, 7) is 9.22. The van der Waals surface area contributed by atoms with Gasteiger partial charge in [-0.3, -0.25) is 9.59 Å². The van der Waals surface area contributed by atoms with Gasteiger partial charge in [0.1, 0.15) is 5.60 Å². The van der Waals surface area contributed by atoms with Gasteiger partial charge in [0.25, 0.3) is 0 Å². The number of hydrogen-bond donors (Lipinski definition) is 0. The molecule has 122 valence electrons. The van der Waals surface area contributed by atoms with Crippen LogP contribution in [-0.4, -0.2) is 23.5 Å². The zero-order valence-corrected chi connectivity index (χ0v) is 13.9. The summed E-state index contributed by atoms with van der Waals surface area (Å²) in [6.07, 6.45) is 2.01. The van der Waals surface area contributed by atoms with Crippen molar-refractivity contribution in [2.24, 2.45) is 17.8 Å². The van der Waals surface area contributed by atoms with E-state index in [0.717, 1.165) is 18.4 Å². The first kappa shape index (κ1) is 16.7. The van der Waals surface area contributed by atoms with Crippen LogP contribution in [0.5, 0.6) is 0 Å². The second kappa shape index (κ2) is 5.86. The molecule has 0 aromatic rings. The summed E-state index contributed by atoms with van der Waals surface area (Å²) < 4.78 is 10.2. The molecule has 2 fully saturated rings. The first-order valence-electron chi connectivity index (χ1n) is 7.82. The monoisotopic (exact) mass is 308 g/mol. The van der Waals surface area contributed by atoms with E-state index >= 15 is 0 Å². The van der Waals surface area contributed by atoms with E-state index in [0.29, 0.717) is 12.0 Å². The summed E-state index contributed by atoms with van der Waals surface area (Å²) in [5.74, 6) is -1.91. The van der Waals surface area contributed by atoms with Crippen molar-refractivity contribution in [1.82, 2.24) is 0 Å². The van der Waals surface area contributed by atoms with Crippen molar-refractivity contribution >= 4 is 17.9 Å². The predicted octanol–water partition coefficient (Wildman–Crippen LogP) is 2.78. The van der Waals surface area contributed by atoms with Crippen LogP contribution < -0.4 is 0 Å². The van der Waals surface area contributed by atoms with E-state index in [-0.39, 0.29) is 17.8 Å². The van der Waals surface area contributed by atoms with Crippen LogP contribution in [-0.2, 0) is 23.9 Å². The van der Waals surface area contributed by atoms with Gasteiger partial charge >= 0.3 is 17.9 Å². The molecule has 1 aliphatic carbocycles. The minimum absolute atomic E-state index is 0.176. The van der Waals surface area contributed by atoms with Crippen LogP contribution >= 0.6 is 0 Å². The van der Waals surface area contributed by atoms with E-state index in [1.165, 1.54) is 0 Å². The zero-order chi connectivity index (χ0) is 16.7. The van der Waals surface area contributed by atoms with Crippen molar-refractivity contribution in [3.63, 3.8) is 0 Å². The Morgan fingerprint density at radius 2 is 1.82 bits per heavy atom. The highest BCUT2D eigenvalue weighted by atomic mass is 16.6. The molecule has 22 heavy (non-hydrogen) atoms. The largest absolute Gasteiger partial charge is 0.460 e. The molecule has 0 N–H and O–H groups in total.